The van der Waals surface area contributed by atoms with Crippen LogP contribution in [-0.2, 0) is 4.79 Å². The van der Waals surface area contributed by atoms with Crippen LogP contribution in [0.3, 0.4) is 0 Å². The lowest BCUT2D eigenvalue weighted by molar-refractivity contribution is -0.145. The van der Waals surface area contributed by atoms with Gasteiger partial charge in [-0.25, -0.2) is 9.78 Å². The molecule has 248 valence electrons. The predicted molar refractivity (Wildman–Crippen MR) is 196 cm³/mol. The van der Waals surface area contributed by atoms with E-state index in [-0.39, 0.29) is 18.5 Å². The van der Waals surface area contributed by atoms with Crippen molar-refractivity contribution in [1.29, 1.82) is 0 Å². The number of pyridine rings is 1. The standard InChI is InChI=1S/C41H22N4O7/c46-31-13-14-32(47)45(31)52-33(48)15-16-43-39(49)26-10-6-23-21-5-9-25-36-28(12-8-22(34(21)36)24-7-11-27(40(43)50)37(26)35(23)24)41(51)44-30-18-20-4-2-1-3-19(20)17-29(30)42-38(25)44/h1-14,17-18,46-47H,15-16H2. The number of hydrogen-bond donors (Lipinski definition) is 2. The smallest absolute Gasteiger partial charge is 0.335 e. The first-order chi connectivity index (χ1) is 25.3. The molecule has 11 nitrogen and oxygen atoms in total. The molecule has 0 radical (unpaired) electrons. The van der Waals surface area contributed by atoms with Crippen molar-refractivity contribution < 1.29 is 29.4 Å². The van der Waals surface area contributed by atoms with Crippen molar-refractivity contribution in [2.24, 2.45) is 0 Å². The van der Waals surface area contributed by atoms with E-state index in [1.54, 1.807) is 16.5 Å². The molecule has 2 amide bonds. The summed E-state index contributed by atoms with van der Waals surface area (Å²) in [5, 5.41) is 29.6. The maximum Gasteiger partial charge on any atom is 0.335 e. The first-order valence-corrected chi connectivity index (χ1v) is 16.6. The highest BCUT2D eigenvalue weighted by molar-refractivity contribution is 6.41. The summed E-state index contributed by atoms with van der Waals surface area (Å²) in [6.45, 7) is -0.272. The Morgan fingerprint density at radius 3 is 1.83 bits per heavy atom. The van der Waals surface area contributed by atoms with Crippen molar-refractivity contribution in [3.63, 3.8) is 0 Å². The van der Waals surface area contributed by atoms with Crippen LogP contribution in [0.1, 0.15) is 27.1 Å². The third-order valence-corrected chi connectivity index (χ3v) is 10.6. The molecule has 0 fully saturated rings. The summed E-state index contributed by atoms with van der Waals surface area (Å²) < 4.78 is 2.26. The summed E-state index contributed by atoms with van der Waals surface area (Å²) in [4.78, 5) is 65.6. The Balaban J connectivity index is 1.09. The maximum atomic E-state index is 14.3. The number of imide groups is 1. The number of fused-ring (bicyclic) bond motifs is 7. The Morgan fingerprint density at radius 1 is 0.635 bits per heavy atom. The van der Waals surface area contributed by atoms with Crippen molar-refractivity contribution in [3.8, 4) is 11.8 Å². The average molecular weight is 683 g/mol. The molecule has 11 rings (SSSR count). The number of imidazole rings is 1. The van der Waals surface area contributed by atoms with E-state index < -0.39 is 29.5 Å². The van der Waals surface area contributed by atoms with Crippen molar-refractivity contribution in [3.05, 3.63) is 119 Å². The highest BCUT2D eigenvalue weighted by Gasteiger charge is 2.35. The van der Waals surface area contributed by atoms with Gasteiger partial charge in [-0.15, -0.1) is 4.73 Å². The van der Waals surface area contributed by atoms with Crippen LogP contribution < -0.4 is 10.4 Å². The van der Waals surface area contributed by atoms with Crippen molar-refractivity contribution in [1.82, 2.24) is 19.0 Å². The number of carbonyl (C=O) groups is 3. The van der Waals surface area contributed by atoms with Crippen molar-refractivity contribution in [2.45, 2.75) is 6.42 Å². The number of amides is 2. The number of aromatic nitrogens is 3. The topological polar surface area (TPSA) is 143 Å². The van der Waals surface area contributed by atoms with Crippen LogP contribution >= 0.6 is 0 Å². The Morgan fingerprint density at radius 2 is 1.17 bits per heavy atom. The summed E-state index contributed by atoms with van der Waals surface area (Å²) in [5.41, 5.74) is 2.59. The van der Waals surface area contributed by atoms with Gasteiger partial charge in [0.05, 0.1) is 17.5 Å². The van der Waals surface area contributed by atoms with Crippen LogP contribution in [0.5, 0.6) is 11.8 Å². The molecule has 11 heteroatoms. The van der Waals surface area contributed by atoms with Crippen molar-refractivity contribution >= 4 is 99.1 Å². The fraction of sp³-hybridized carbons (Fsp3) is 0.0488. The van der Waals surface area contributed by atoms with E-state index in [1.165, 1.54) is 0 Å². The third kappa shape index (κ3) is 3.50. The van der Waals surface area contributed by atoms with Gasteiger partial charge in [0.25, 0.3) is 17.4 Å². The number of benzene rings is 7. The number of hydrogen-bond acceptors (Lipinski definition) is 8. The molecular formula is C41H22N4O7. The van der Waals surface area contributed by atoms with E-state index in [0.717, 1.165) is 81.9 Å². The maximum absolute atomic E-state index is 14.3. The van der Waals surface area contributed by atoms with E-state index in [0.29, 0.717) is 32.3 Å². The second-order valence-corrected chi connectivity index (χ2v) is 13.2. The number of nitrogens with zero attached hydrogens (tertiary/aromatic N) is 4. The van der Waals surface area contributed by atoms with Gasteiger partial charge in [-0.1, -0.05) is 48.5 Å². The zero-order valence-corrected chi connectivity index (χ0v) is 26.9. The quantitative estimate of drug-likeness (QED) is 0.122. The van der Waals surface area contributed by atoms with Crippen LogP contribution in [0.25, 0.3) is 81.3 Å². The molecule has 0 unspecified atom stereocenters. The second-order valence-electron chi connectivity index (χ2n) is 13.2. The molecular weight excluding hydrogens is 660 g/mol. The Bertz CT molecular complexity index is 3250. The predicted octanol–water partition coefficient (Wildman–Crippen LogP) is 6.50. The molecule has 0 atom stereocenters. The van der Waals surface area contributed by atoms with Crippen LogP contribution in [-0.4, -0.2) is 53.6 Å². The zero-order chi connectivity index (χ0) is 35.2. The first-order valence-electron chi connectivity index (χ1n) is 16.6. The fourth-order valence-corrected chi connectivity index (χ4v) is 8.31. The SMILES string of the molecule is O=C(CCN1C(=O)c2ccc3c4ccc5c(=O)n6c7cc8ccccc8cc7nc6c6ccc(c7ccc(c2c37)C1=O)c4c56)On1c(O)ccc1O. The van der Waals surface area contributed by atoms with E-state index in [9.17, 15) is 29.4 Å². The Labute approximate surface area is 290 Å². The summed E-state index contributed by atoms with van der Waals surface area (Å²) in [6, 6.07) is 29.3. The molecule has 1 aliphatic heterocycles. The summed E-state index contributed by atoms with van der Waals surface area (Å²) in [6.07, 6.45) is -0.369. The van der Waals surface area contributed by atoms with Gasteiger partial charge >= 0.3 is 5.97 Å². The Kier molecular flexibility index (Phi) is 5.33. The number of carbonyl (C=O) groups excluding carboxylic acids is 3. The molecule has 0 aliphatic carbocycles. The molecule has 2 N–H and O–H groups in total. The average Bonchev–Trinajstić information content (AvgIpc) is 3.69. The minimum Gasteiger partial charge on any atom is -0.492 e. The van der Waals surface area contributed by atoms with Gasteiger partial charge in [0.2, 0.25) is 11.8 Å². The molecule has 0 saturated heterocycles. The lowest BCUT2D eigenvalue weighted by atomic mass is 9.84. The van der Waals surface area contributed by atoms with Crippen LogP contribution in [0.15, 0.2) is 102 Å². The van der Waals surface area contributed by atoms with Gasteiger partial charge in [0, 0.05) is 51.3 Å². The van der Waals surface area contributed by atoms with E-state index in [2.05, 4.69) is 0 Å². The molecule has 4 heterocycles. The normalized spacial score (nSPS) is 13.5. The largest absolute Gasteiger partial charge is 0.492 e. The monoisotopic (exact) mass is 682 g/mol. The minimum atomic E-state index is -0.863. The fourth-order valence-electron chi connectivity index (χ4n) is 8.31. The van der Waals surface area contributed by atoms with Gasteiger partial charge in [-0.2, -0.15) is 0 Å². The molecule has 10 aromatic rings. The molecule has 3 aromatic heterocycles. The Hall–Kier alpha value is -7.27. The summed E-state index contributed by atoms with van der Waals surface area (Å²) >= 11 is 0. The third-order valence-electron chi connectivity index (χ3n) is 10.6. The first kappa shape index (κ1) is 28.6. The lowest BCUT2D eigenvalue weighted by Gasteiger charge is -2.28. The highest BCUT2D eigenvalue weighted by Crippen LogP contribution is 2.46. The van der Waals surface area contributed by atoms with Gasteiger partial charge in [0.1, 0.15) is 5.65 Å². The van der Waals surface area contributed by atoms with Gasteiger partial charge < -0.3 is 15.1 Å². The molecule has 0 saturated carbocycles. The highest BCUT2D eigenvalue weighted by atomic mass is 16.7. The molecule has 0 spiro atoms. The molecule has 1 aliphatic rings. The van der Waals surface area contributed by atoms with Gasteiger partial charge in [-0.05, 0) is 79.5 Å². The molecule has 0 bridgehead atoms. The van der Waals surface area contributed by atoms with E-state index >= 15 is 0 Å². The summed E-state index contributed by atoms with van der Waals surface area (Å²) in [5.74, 6) is -2.92. The number of aromatic hydroxyl groups is 2. The second kappa shape index (κ2) is 9.70. The lowest BCUT2D eigenvalue weighted by Crippen LogP contribution is -2.42. The summed E-state index contributed by atoms with van der Waals surface area (Å²) in [7, 11) is 0. The van der Waals surface area contributed by atoms with Gasteiger partial charge in [-0.3, -0.25) is 23.7 Å². The van der Waals surface area contributed by atoms with Gasteiger partial charge in [0.15, 0.2) is 0 Å². The van der Waals surface area contributed by atoms with Crippen LogP contribution in [0.4, 0.5) is 0 Å². The van der Waals surface area contributed by atoms with Crippen LogP contribution in [0.2, 0.25) is 0 Å². The molecule has 52 heavy (non-hydrogen) atoms. The minimum absolute atomic E-state index is 0.151. The van der Waals surface area contributed by atoms with Crippen LogP contribution in [0, 0.1) is 0 Å². The number of rotatable bonds is 4. The van der Waals surface area contributed by atoms with E-state index in [4.69, 9.17) is 9.82 Å². The van der Waals surface area contributed by atoms with E-state index in [1.807, 2.05) is 72.8 Å². The van der Waals surface area contributed by atoms with Crippen molar-refractivity contribution in [2.75, 3.05) is 6.54 Å². The molecule has 7 aromatic carbocycles. The zero-order valence-electron chi connectivity index (χ0n) is 26.9.